The van der Waals surface area contributed by atoms with E-state index in [2.05, 4.69) is 29.0 Å². The van der Waals surface area contributed by atoms with Gasteiger partial charge >= 0.3 is 0 Å². The highest BCUT2D eigenvalue weighted by Crippen LogP contribution is 2.16. The number of amides is 1. The second-order valence-electron chi connectivity index (χ2n) is 5.12. The first kappa shape index (κ1) is 15.7. The molecule has 1 aromatic heterocycles. The average Bonchev–Trinajstić information content (AvgIpc) is 2.99. The molecule has 112 valence electrons. The summed E-state index contributed by atoms with van der Waals surface area (Å²) in [5, 5.41) is 8.45. The third kappa shape index (κ3) is 4.99. The summed E-state index contributed by atoms with van der Waals surface area (Å²) >= 11 is 1.73. The van der Waals surface area contributed by atoms with Crippen molar-refractivity contribution >= 4 is 22.9 Å². The lowest BCUT2D eigenvalue weighted by atomic mass is 10.1. The number of para-hydroxylation sites is 1. The third-order valence-corrected chi connectivity index (χ3v) is 4.25. The molecule has 4 heteroatoms. The fourth-order valence-electron chi connectivity index (χ4n) is 2.19. The summed E-state index contributed by atoms with van der Waals surface area (Å²) in [4.78, 5) is 13.4. The van der Waals surface area contributed by atoms with Crippen LogP contribution in [0, 0.1) is 0 Å². The number of carbonyl (C=O) groups is 1. The maximum Gasteiger partial charge on any atom is 0.225 e. The molecule has 0 unspecified atom stereocenters. The molecule has 0 aliphatic rings. The van der Waals surface area contributed by atoms with E-state index >= 15 is 0 Å². The van der Waals surface area contributed by atoms with E-state index in [1.54, 1.807) is 11.3 Å². The first-order chi connectivity index (χ1) is 10.2. The standard InChI is InChI=1S/C17H22N2OS/c1-3-14-7-4-5-9-16(14)19-17(20)11-13(2)18-12-15-8-6-10-21-15/h4-10,13,18H,3,11-12H2,1-2H3,(H,19,20)/t13-/m0/s1. The lowest BCUT2D eigenvalue weighted by molar-refractivity contribution is -0.116. The summed E-state index contributed by atoms with van der Waals surface area (Å²) in [6.45, 7) is 4.95. The Morgan fingerprint density at radius 2 is 2.05 bits per heavy atom. The van der Waals surface area contributed by atoms with Crippen LogP contribution in [0.1, 0.15) is 30.7 Å². The zero-order chi connectivity index (χ0) is 15.1. The van der Waals surface area contributed by atoms with Crippen LogP contribution in [0.15, 0.2) is 41.8 Å². The van der Waals surface area contributed by atoms with E-state index in [4.69, 9.17) is 0 Å². The highest BCUT2D eigenvalue weighted by molar-refractivity contribution is 7.09. The van der Waals surface area contributed by atoms with Crippen LogP contribution in [-0.4, -0.2) is 11.9 Å². The summed E-state index contributed by atoms with van der Waals surface area (Å²) in [7, 11) is 0. The monoisotopic (exact) mass is 302 g/mol. The van der Waals surface area contributed by atoms with Crippen molar-refractivity contribution in [2.45, 2.75) is 39.3 Å². The van der Waals surface area contributed by atoms with Gasteiger partial charge in [0.15, 0.2) is 0 Å². The predicted octanol–water partition coefficient (Wildman–Crippen LogP) is 3.82. The van der Waals surface area contributed by atoms with Gasteiger partial charge in [-0.05, 0) is 36.4 Å². The van der Waals surface area contributed by atoms with Gasteiger partial charge in [0.05, 0.1) is 0 Å². The minimum Gasteiger partial charge on any atom is -0.326 e. The number of hydrogen-bond donors (Lipinski definition) is 2. The first-order valence-corrected chi connectivity index (χ1v) is 8.20. The summed E-state index contributed by atoms with van der Waals surface area (Å²) < 4.78 is 0. The van der Waals surface area contributed by atoms with E-state index in [9.17, 15) is 4.79 Å². The summed E-state index contributed by atoms with van der Waals surface area (Å²) in [6, 6.07) is 12.3. The number of thiophene rings is 1. The normalized spacial score (nSPS) is 12.1. The number of rotatable bonds is 7. The van der Waals surface area contributed by atoms with Crippen LogP contribution in [0.25, 0.3) is 0 Å². The Bertz CT molecular complexity index is 566. The molecule has 2 aromatic rings. The number of hydrogen-bond acceptors (Lipinski definition) is 3. The van der Waals surface area contributed by atoms with Crippen molar-refractivity contribution in [3.05, 3.63) is 52.2 Å². The maximum absolute atomic E-state index is 12.1. The smallest absolute Gasteiger partial charge is 0.225 e. The number of benzene rings is 1. The molecule has 2 N–H and O–H groups in total. The molecule has 0 saturated heterocycles. The minimum atomic E-state index is 0.0575. The van der Waals surface area contributed by atoms with Crippen molar-refractivity contribution in [3.63, 3.8) is 0 Å². The van der Waals surface area contributed by atoms with Crippen LogP contribution >= 0.6 is 11.3 Å². The van der Waals surface area contributed by atoms with Gasteiger partial charge in [-0.1, -0.05) is 31.2 Å². The van der Waals surface area contributed by atoms with Crippen LogP contribution in [0.3, 0.4) is 0 Å². The van der Waals surface area contributed by atoms with Crippen molar-refractivity contribution in [1.29, 1.82) is 0 Å². The fourth-order valence-corrected chi connectivity index (χ4v) is 2.85. The van der Waals surface area contributed by atoms with Gasteiger partial charge in [0, 0.05) is 29.6 Å². The van der Waals surface area contributed by atoms with Gasteiger partial charge in [-0.25, -0.2) is 0 Å². The van der Waals surface area contributed by atoms with Crippen LogP contribution in [0.2, 0.25) is 0 Å². The molecule has 21 heavy (non-hydrogen) atoms. The Kier molecular flexibility index (Phi) is 5.96. The third-order valence-electron chi connectivity index (χ3n) is 3.37. The number of anilines is 1. The molecule has 1 heterocycles. The Balaban J connectivity index is 1.80. The van der Waals surface area contributed by atoms with Gasteiger partial charge in [0.1, 0.15) is 0 Å². The summed E-state index contributed by atoms with van der Waals surface area (Å²) in [5.41, 5.74) is 2.10. The van der Waals surface area contributed by atoms with E-state index in [0.29, 0.717) is 6.42 Å². The van der Waals surface area contributed by atoms with Gasteiger partial charge in [0.2, 0.25) is 5.91 Å². The Labute approximate surface area is 130 Å². The summed E-state index contributed by atoms with van der Waals surface area (Å²) in [6.07, 6.45) is 1.39. The molecule has 0 spiro atoms. The molecular formula is C17H22N2OS. The Morgan fingerprint density at radius 3 is 2.76 bits per heavy atom. The van der Waals surface area contributed by atoms with E-state index in [-0.39, 0.29) is 11.9 Å². The first-order valence-electron chi connectivity index (χ1n) is 7.32. The van der Waals surface area contributed by atoms with E-state index in [1.807, 2.05) is 37.3 Å². The molecule has 1 atom stereocenters. The van der Waals surface area contributed by atoms with E-state index in [0.717, 1.165) is 18.7 Å². The Hall–Kier alpha value is -1.65. The predicted molar refractivity (Wildman–Crippen MR) is 89.7 cm³/mol. The van der Waals surface area contributed by atoms with Gasteiger partial charge in [-0.3, -0.25) is 4.79 Å². The molecule has 0 saturated carbocycles. The molecular weight excluding hydrogens is 280 g/mol. The molecule has 0 radical (unpaired) electrons. The average molecular weight is 302 g/mol. The van der Waals surface area contributed by atoms with Crippen LogP contribution in [-0.2, 0) is 17.8 Å². The van der Waals surface area contributed by atoms with Crippen LogP contribution in [0.5, 0.6) is 0 Å². The highest BCUT2D eigenvalue weighted by atomic mass is 32.1. The molecule has 0 aliphatic carbocycles. The zero-order valence-electron chi connectivity index (χ0n) is 12.6. The highest BCUT2D eigenvalue weighted by Gasteiger charge is 2.10. The van der Waals surface area contributed by atoms with Crippen molar-refractivity contribution < 1.29 is 4.79 Å². The lowest BCUT2D eigenvalue weighted by Gasteiger charge is -2.14. The van der Waals surface area contributed by atoms with E-state index in [1.165, 1.54) is 10.4 Å². The largest absolute Gasteiger partial charge is 0.326 e. The second kappa shape index (κ2) is 7.96. The second-order valence-corrected chi connectivity index (χ2v) is 6.16. The van der Waals surface area contributed by atoms with Gasteiger partial charge in [-0.2, -0.15) is 0 Å². The topological polar surface area (TPSA) is 41.1 Å². The fraction of sp³-hybridized carbons (Fsp3) is 0.353. The molecule has 0 aliphatic heterocycles. The minimum absolute atomic E-state index is 0.0575. The maximum atomic E-state index is 12.1. The van der Waals surface area contributed by atoms with Crippen LogP contribution in [0.4, 0.5) is 5.69 Å². The van der Waals surface area contributed by atoms with E-state index < -0.39 is 0 Å². The van der Waals surface area contributed by atoms with Gasteiger partial charge in [0.25, 0.3) is 0 Å². The van der Waals surface area contributed by atoms with Crippen molar-refractivity contribution in [1.82, 2.24) is 5.32 Å². The molecule has 1 aromatic carbocycles. The summed E-state index contributed by atoms with van der Waals surface area (Å²) in [5.74, 6) is 0.0575. The zero-order valence-corrected chi connectivity index (χ0v) is 13.4. The number of aryl methyl sites for hydroxylation is 1. The van der Waals surface area contributed by atoms with Crippen molar-refractivity contribution in [3.8, 4) is 0 Å². The van der Waals surface area contributed by atoms with Crippen LogP contribution < -0.4 is 10.6 Å². The van der Waals surface area contributed by atoms with Gasteiger partial charge in [-0.15, -0.1) is 11.3 Å². The molecule has 0 fully saturated rings. The quantitative estimate of drug-likeness (QED) is 0.816. The molecule has 2 rings (SSSR count). The Morgan fingerprint density at radius 1 is 1.24 bits per heavy atom. The lowest BCUT2D eigenvalue weighted by Crippen LogP contribution is -2.30. The van der Waals surface area contributed by atoms with Crippen molar-refractivity contribution in [2.24, 2.45) is 0 Å². The molecule has 0 bridgehead atoms. The molecule has 1 amide bonds. The van der Waals surface area contributed by atoms with Crippen molar-refractivity contribution in [2.75, 3.05) is 5.32 Å². The molecule has 3 nitrogen and oxygen atoms in total. The van der Waals surface area contributed by atoms with Gasteiger partial charge < -0.3 is 10.6 Å². The number of carbonyl (C=O) groups excluding carboxylic acids is 1. The number of nitrogens with one attached hydrogen (secondary N) is 2. The SMILES string of the molecule is CCc1ccccc1NC(=O)C[C@H](C)NCc1cccs1.